The first-order chi connectivity index (χ1) is 18.1. The number of carbonyl (C=O) groups excluding carboxylic acids is 2. The van der Waals surface area contributed by atoms with Gasteiger partial charge in [0.2, 0.25) is 11.8 Å². The van der Waals surface area contributed by atoms with Gasteiger partial charge in [0.25, 0.3) is 0 Å². The molecule has 1 heterocycles. The van der Waals surface area contributed by atoms with Crippen molar-refractivity contribution in [3.05, 3.63) is 84.4 Å². The van der Waals surface area contributed by atoms with E-state index in [1.165, 1.54) is 0 Å². The third kappa shape index (κ3) is 8.25. The van der Waals surface area contributed by atoms with Crippen LogP contribution in [-0.2, 0) is 16.0 Å². The van der Waals surface area contributed by atoms with E-state index in [4.69, 9.17) is 4.74 Å². The molecule has 0 saturated carbocycles. The SMILES string of the molecule is COc1ccc(CCC(=O)N2CCCN(CC(=O)Nc3ccc(N=Nc4ccccc4)cc3)CC2)cc1. The number of nitrogens with zero attached hydrogens (tertiary/aromatic N) is 4. The molecule has 3 aromatic carbocycles. The molecule has 1 saturated heterocycles. The van der Waals surface area contributed by atoms with Crippen molar-refractivity contribution in [1.29, 1.82) is 0 Å². The van der Waals surface area contributed by atoms with E-state index in [2.05, 4.69) is 20.4 Å². The van der Waals surface area contributed by atoms with Gasteiger partial charge in [-0.15, -0.1) is 0 Å². The van der Waals surface area contributed by atoms with E-state index in [1.807, 2.05) is 83.8 Å². The number of ether oxygens (including phenoxy) is 1. The molecule has 0 radical (unpaired) electrons. The van der Waals surface area contributed by atoms with E-state index in [1.54, 1.807) is 7.11 Å². The molecule has 37 heavy (non-hydrogen) atoms. The van der Waals surface area contributed by atoms with Crippen LogP contribution in [0.25, 0.3) is 0 Å². The fourth-order valence-electron chi connectivity index (χ4n) is 4.21. The molecule has 1 aliphatic heterocycles. The van der Waals surface area contributed by atoms with Crippen LogP contribution in [0.15, 0.2) is 89.1 Å². The molecule has 1 N–H and O–H groups in total. The van der Waals surface area contributed by atoms with Gasteiger partial charge in [0, 0.05) is 38.3 Å². The number of nitrogens with one attached hydrogen (secondary N) is 1. The summed E-state index contributed by atoms with van der Waals surface area (Å²) in [5.41, 5.74) is 3.34. The van der Waals surface area contributed by atoms with Gasteiger partial charge in [0.1, 0.15) is 5.75 Å². The van der Waals surface area contributed by atoms with Crippen LogP contribution in [0.2, 0.25) is 0 Å². The van der Waals surface area contributed by atoms with Crippen molar-refractivity contribution in [2.45, 2.75) is 19.3 Å². The topological polar surface area (TPSA) is 86.6 Å². The molecule has 1 aliphatic rings. The quantitative estimate of drug-likeness (QED) is 0.409. The number of hydrogen-bond acceptors (Lipinski definition) is 6. The van der Waals surface area contributed by atoms with Crippen LogP contribution in [0.3, 0.4) is 0 Å². The molecule has 0 spiro atoms. The Morgan fingerprint density at radius 1 is 0.838 bits per heavy atom. The molecule has 2 amide bonds. The summed E-state index contributed by atoms with van der Waals surface area (Å²) in [6.07, 6.45) is 2.04. The van der Waals surface area contributed by atoms with Gasteiger partial charge in [-0.25, -0.2) is 0 Å². The van der Waals surface area contributed by atoms with Crippen molar-refractivity contribution in [2.75, 3.05) is 45.2 Å². The Bertz CT molecular complexity index is 1180. The van der Waals surface area contributed by atoms with Crippen molar-refractivity contribution < 1.29 is 14.3 Å². The second-order valence-corrected chi connectivity index (χ2v) is 8.99. The summed E-state index contributed by atoms with van der Waals surface area (Å²) in [7, 11) is 1.64. The Kier molecular flexibility index (Phi) is 9.37. The molecule has 0 unspecified atom stereocenters. The van der Waals surface area contributed by atoms with Crippen LogP contribution in [0.1, 0.15) is 18.4 Å². The number of aryl methyl sites for hydroxylation is 1. The summed E-state index contributed by atoms with van der Waals surface area (Å²) in [6, 6.07) is 24.7. The normalized spacial score (nSPS) is 14.4. The molecule has 0 aromatic heterocycles. The third-order valence-corrected chi connectivity index (χ3v) is 6.28. The predicted octanol–water partition coefficient (Wildman–Crippen LogP) is 5.22. The van der Waals surface area contributed by atoms with Gasteiger partial charge in [-0.05, 0) is 66.9 Å². The molecule has 0 aliphatic carbocycles. The maximum absolute atomic E-state index is 12.8. The molecular formula is C29H33N5O3. The maximum atomic E-state index is 12.8. The van der Waals surface area contributed by atoms with Crippen LogP contribution in [0.4, 0.5) is 17.1 Å². The molecule has 8 heteroatoms. The number of carbonyl (C=O) groups is 2. The first kappa shape index (κ1) is 26.0. The number of methoxy groups -OCH3 is 1. The fourth-order valence-corrected chi connectivity index (χ4v) is 4.21. The third-order valence-electron chi connectivity index (χ3n) is 6.28. The van der Waals surface area contributed by atoms with Crippen molar-refractivity contribution in [3.63, 3.8) is 0 Å². The summed E-state index contributed by atoms with van der Waals surface area (Å²) in [5, 5.41) is 11.4. The number of amides is 2. The van der Waals surface area contributed by atoms with Crippen LogP contribution in [-0.4, -0.2) is 61.4 Å². The number of azo groups is 1. The van der Waals surface area contributed by atoms with E-state index in [0.29, 0.717) is 43.9 Å². The van der Waals surface area contributed by atoms with Crippen molar-refractivity contribution in [3.8, 4) is 5.75 Å². The summed E-state index contributed by atoms with van der Waals surface area (Å²) in [5.74, 6) is 0.901. The van der Waals surface area contributed by atoms with Gasteiger partial charge < -0.3 is 15.0 Å². The minimum absolute atomic E-state index is 0.0713. The zero-order chi connectivity index (χ0) is 25.9. The van der Waals surface area contributed by atoms with Gasteiger partial charge in [0.15, 0.2) is 0 Å². The summed E-state index contributed by atoms with van der Waals surface area (Å²) < 4.78 is 5.19. The second kappa shape index (κ2) is 13.3. The summed E-state index contributed by atoms with van der Waals surface area (Å²) in [4.78, 5) is 29.4. The van der Waals surface area contributed by atoms with Crippen LogP contribution in [0, 0.1) is 0 Å². The Morgan fingerprint density at radius 2 is 1.54 bits per heavy atom. The average molecular weight is 500 g/mol. The summed E-state index contributed by atoms with van der Waals surface area (Å²) in [6.45, 7) is 3.12. The monoisotopic (exact) mass is 499 g/mol. The Hall–Kier alpha value is -4.04. The highest BCUT2D eigenvalue weighted by Gasteiger charge is 2.20. The standard InChI is InChI=1S/C29H33N5O3/c1-37-27-15-8-23(9-16-27)10-17-29(36)34-19-5-18-33(20-21-34)22-28(35)30-24-11-13-26(14-12-24)32-31-25-6-3-2-4-7-25/h2-4,6-9,11-16H,5,10,17-22H2,1H3,(H,30,35). The van der Waals surface area contributed by atoms with E-state index in [-0.39, 0.29) is 11.8 Å². The largest absolute Gasteiger partial charge is 0.497 e. The van der Waals surface area contributed by atoms with E-state index in [9.17, 15) is 9.59 Å². The highest BCUT2D eigenvalue weighted by atomic mass is 16.5. The average Bonchev–Trinajstić information content (AvgIpc) is 3.17. The molecule has 3 aromatic rings. The highest BCUT2D eigenvalue weighted by molar-refractivity contribution is 5.92. The minimum atomic E-state index is -0.0713. The molecule has 192 valence electrons. The molecule has 1 fully saturated rings. The van der Waals surface area contributed by atoms with Crippen molar-refractivity contribution >= 4 is 28.9 Å². The first-order valence-corrected chi connectivity index (χ1v) is 12.6. The molecule has 8 nitrogen and oxygen atoms in total. The lowest BCUT2D eigenvalue weighted by Crippen LogP contribution is -2.38. The number of anilines is 1. The Balaban J connectivity index is 1.19. The maximum Gasteiger partial charge on any atom is 0.238 e. The van der Waals surface area contributed by atoms with Crippen molar-refractivity contribution in [2.24, 2.45) is 10.2 Å². The fraction of sp³-hybridized carbons (Fsp3) is 0.310. The summed E-state index contributed by atoms with van der Waals surface area (Å²) >= 11 is 0. The van der Waals surface area contributed by atoms with Crippen LogP contribution >= 0.6 is 0 Å². The van der Waals surface area contributed by atoms with Gasteiger partial charge in [-0.1, -0.05) is 30.3 Å². The van der Waals surface area contributed by atoms with Crippen molar-refractivity contribution in [1.82, 2.24) is 9.80 Å². The lowest BCUT2D eigenvalue weighted by atomic mass is 10.1. The van der Waals surface area contributed by atoms with Gasteiger partial charge in [-0.3, -0.25) is 14.5 Å². The van der Waals surface area contributed by atoms with E-state index < -0.39 is 0 Å². The zero-order valence-electron chi connectivity index (χ0n) is 21.2. The number of hydrogen-bond donors (Lipinski definition) is 1. The smallest absolute Gasteiger partial charge is 0.238 e. The molecular weight excluding hydrogens is 466 g/mol. The van der Waals surface area contributed by atoms with Gasteiger partial charge in [-0.2, -0.15) is 10.2 Å². The van der Waals surface area contributed by atoms with Gasteiger partial charge >= 0.3 is 0 Å². The second-order valence-electron chi connectivity index (χ2n) is 8.99. The number of benzene rings is 3. The lowest BCUT2D eigenvalue weighted by molar-refractivity contribution is -0.131. The molecule has 4 rings (SSSR count). The lowest BCUT2D eigenvalue weighted by Gasteiger charge is -2.22. The number of rotatable bonds is 9. The Labute approximate surface area is 218 Å². The predicted molar refractivity (Wildman–Crippen MR) is 145 cm³/mol. The molecule has 0 atom stereocenters. The van der Waals surface area contributed by atoms with Crippen LogP contribution < -0.4 is 10.1 Å². The Morgan fingerprint density at radius 3 is 2.24 bits per heavy atom. The first-order valence-electron chi connectivity index (χ1n) is 12.6. The highest BCUT2D eigenvalue weighted by Crippen LogP contribution is 2.20. The minimum Gasteiger partial charge on any atom is -0.497 e. The molecule has 0 bridgehead atoms. The van der Waals surface area contributed by atoms with Gasteiger partial charge in [0.05, 0.1) is 25.0 Å². The van der Waals surface area contributed by atoms with E-state index in [0.717, 1.165) is 36.5 Å². The van der Waals surface area contributed by atoms with E-state index >= 15 is 0 Å². The zero-order valence-corrected chi connectivity index (χ0v) is 21.2. The van der Waals surface area contributed by atoms with Crippen LogP contribution in [0.5, 0.6) is 5.75 Å².